The molecule has 0 aliphatic carbocycles. The van der Waals surface area contributed by atoms with Gasteiger partial charge in [-0.15, -0.1) is 0 Å². The molecule has 2 rings (SSSR count). The van der Waals surface area contributed by atoms with Crippen LogP contribution in [0.4, 0.5) is 0 Å². The van der Waals surface area contributed by atoms with E-state index >= 15 is 0 Å². The van der Waals surface area contributed by atoms with Crippen LogP contribution in [0.1, 0.15) is 18.4 Å². The van der Waals surface area contributed by atoms with E-state index in [-0.39, 0.29) is 5.91 Å². The Hall–Kier alpha value is -1.00. The van der Waals surface area contributed by atoms with Gasteiger partial charge in [-0.25, -0.2) is 0 Å². The Labute approximate surface area is 108 Å². The SMILES string of the molecule is NC(=O)CCc1ccccc1.SC1CCNC1. The monoisotopic (exact) mass is 252 g/mol. The van der Waals surface area contributed by atoms with Gasteiger partial charge >= 0.3 is 0 Å². The number of carbonyl (C=O) groups is 1. The Morgan fingerprint density at radius 3 is 2.53 bits per heavy atom. The van der Waals surface area contributed by atoms with Gasteiger partial charge in [-0.3, -0.25) is 4.79 Å². The van der Waals surface area contributed by atoms with E-state index in [4.69, 9.17) is 5.73 Å². The van der Waals surface area contributed by atoms with Gasteiger partial charge < -0.3 is 11.1 Å². The Kier molecular flexibility index (Phi) is 6.74. The van der Waals surface area contributed by atoms with Crippen molar-refractivity contribution in [3.63, 3.8) is 0 Å². The lowest BCUT2D eigenvalue weighted by molar-refractivity contribution is -0.117. The molecule has 1 atom stereocenters. The zero-order valence-electron chi connectivity index (χ0n) is 9.93. The molecule has 3 N–H and O–H groups in total. The highest BCUT2D eigenvalue weighted by Gasteiger charge is 2.07. The molecule has 3 nitrogen and oxygen atoms in total. The Bertz CT molecular complexity index is 323. The van der Waals surface area contributed by atoms with Crippen molar-refractivity contribution in [1.82, 2.24) is 5.32 Å². The zero-order chi connectivity index (χ0) is 12.5. The molecule has 1 heterocycles. The molecule has 1 amide bonds. The molecule has 0 saturated carbocycles. The fourth-order valence-electron chi connectivity index (χ4n) is 1.55. The van der Waals surface area contributed by atoms with Crippen molar-refractivity contribution in [2.24, 2.45) is 5.73 Å². The Morgan fingerprint density at radius 1 is 1.41 bits per heavy atom. The van der Waals surface area contributed by atoms with E-state index in [1.165, 1.54) is 6.42 Å². The molecule has 1 fully saturated rings. The fraction of sp³-hybridized carbons (Fsp3) is 0.462. The third-order valence-electron chi connectivity index (χ3n) is 2.54. The van der Waals surface area contributed by atoms with Gasteiger partial charge in [0.25, 0.3) is 0 Å². The average Bonchev–Trinajstić information content (AvgIpc) is 2.80. The smallest absolute Gasteiger partial charge is 0.217 e. The summed E-state index contributed by atoms with van der Waals surface area (Å²) in [5, 5.41) is 3.83. The fourth-order valence-corrected chi connectivity index (χ4v) is 1.81. The lowest BCUT2D eigenvalue weighted by Gasteiger charge is -1.96. The number of nitrogens with one attached hydrogen (secondary N) is 1. The van der Waals surface area contributed by atoms with Gasteiger partial charge in [0.1, 0.15) is 0 Å². The van der Waals surface area contributed by atoms with Gasteiger partial charge in [0.05, 0.1) is 0 Å². The molecular formula is C13H20N2OS. The summed E-state index contributed by atoms with van der Waals surface area (Å²) in [6, 6.07) is 9.84. The molecule has 1 aliphatic rings. The van der Waals surface area contributed by atoms with Crippen LogP contribution in [0.15, 0.2) is 30.3 Å². The molecule has 1 saturated heterocycles. The van der Waals surface area contributed by atoms with Gasteiger partial charge in [-0.05, 0) is 24.9 Å². The largest absolute Gasteiger partial charge is 0.370 e. The summed E-state index contributed by atoms with van der Waals surface area (Å²) in [5.74, 6) is -0.242. The van der Waals surface area contributed by atoms with Crippen molar-refractivity contribution >= 4 is 18.5 Å². The van der Waals surface area contributed by atoms with Crippen LogP contribution in [0.25, 0.3) is 0 Å². The van der Waals surface area contributed by atoms with Crippen LogP contribution in [0, 0.1) is 0 Å². The standard InChI is InChI=1S/C9H11NO.C4H9NS/c10-9(11)7-6-8-4-2-1-3-5-8;6-4-1-2-5-3-4/h1-5H,6-7H2,(H2,10,11);4-6H,1-3H2. The summed E-state index contributed by atoms with van der Waals surface area (Å²) in [6.07, 6.45) is 2.42. The first-order chi connectivity index (χ1) is 8.18. The molecule has 0 bridgehead atoms. The van der Waals surface area contributed by atoms with Gasteiger partial charge in [-0.2, -0.15) is 12.6 Å². The number of nitrogens with two attached hydrogens (primary N) is 1. The third kappa shape index (κ3) is 7.02. The van der Waals surface area contributed by atoms with Crippen molar-refractivity contribution in [1.29, 1.82) is 0 Å². The molecule has 0 spiro atoms. The van der Waals surface area contributed by atoms with Crippen LogP contribution in [-0.2, 0) is 11.2 Å². The first-order valence-corrected chi connectivity index (χ1v) is 6.41. The van der Waals surface area contributed by atoms with Gasteiger partial charge in [0, 0.05) is 18.2 Å². The number of thiol groups is 1. The van der Waals surface area contributed by atoms with Crippen molar-refractivity contribution in [2.45, 2.75) is 24.5 Å². The van der Waals surface area contributed by atoms with Crippen LogP contribution in [-0.4, -0.2) is 24.2 Å². The summed E-state index contributed by atoms with van der Waals surface area (Å²) in [5.41, 5.74) is 6.16. The van der Waals surface area contributed by atoms with E-state index in [1.807, 2.05) is 30.3 Å². The van der Waals surface area contributed by atoms with E-state index in [0.29, 0.717) is 11.7 Å². The first kappa shape index (κ1) is 14.1. The van der Waals surface area contributed by atoms with Crippen molar-refractivity contribution in [3.05, 3.63) is 35.9 Å². The number of amides is 1. The molecule has 17 heavy (non-hydrogen) atoms. The van der Waals surface area contributed by atoms with Gasteiger partial charge in [0.15, 0.2) is 0 Å². The number of benzene rings is 1. The molecule has 1 aliphatic heterocycles. The number of rotatable bonds is 3. The quantitative estimate of drug-likeness (QED) is 0.712. The number of primary amides is 1. The average molecular weight is 252 g/mol. The maximum Gasteiger partial charge on any atom is 0.217 e. The molecule has 1 unspecified atom stereocenters. The highest BCUT2D eigenvalue weighted by molar-refractivity contribution is 7.81. The molecule has 4 heteroatoms. The minimum absolute atomic E-state index is 0.242. The number of hydrogen-bond donors (Lipinski definition) is 3. The number of aryl methyl sites for hydroxylation is 1. The summed E-state index contributed by atoms with van der Waals surface area (Å²) < 4.78 is 0. The molecule has 0 radical (unpaired) electrons. The molecular weight excluding hydrogens is 232 g/mol. The summed E-state index contributed by atoms with van der Waals surface area (Å²) in [4.78, 5) is 10.4. The van der Waals surface area contributed by atoms with E-state index in [1.54, 1.807) is 0 Å². The van der Waals surface area contributed by atoms with E-state index in [0.717, 1.165) is 25.1 Å². The normalized spacial score (nSPS) is 18.3. The summed E-state index contributed by atoms with van der Waals surface area (Å²) in [7, 11) is 0. The van der Waals surface area contributed by atoms with Crippen molar-refractivity contribution in [2.75, 3.05) is 13.1 Å². The van der Waals surface area contributed by atoms with Gasteiger partial charge in [-0.1, -0.05) is 30.3 Å². The maximum absolute atomic E-state index is 10.4. The summed E-state index contributed by atoms with van der Waals surface area (Å²) in [6.45, 7) is 2.26. The number of hydrogen-bond acceptors (Lipinski definition) is 3. The van der Waals surface area contributed by atoms with Crippen LogP contribution in [0.5, 0.6) is 0 Å². The summed E-state index contributed by atoms with van der Waals surface area (Å²) >= 11 is 4.23. The van der Waals surface area contributed by atoms with Crippen molar-refractivity contribution in [3.8, 4) is 0 Å². The van der Waals surface area contributed by atoms with Crippen molar-refractivity contribution < 1.29 is 4.79 Å². The third-order valence-corrected chi connectivity index (χ3v) is 2.98. The lowest BCUT2D eigenvalue weighted by Crippen LogP contribution is -2.10. The second kappa shape index (κ2) is 8.14. The second-order valence-corrected chi connectivity index (χ2v) is 4.83. The van der Waals surface area contributed by atoms with Crippen LogP contribution < -0.4 is 11.1 Å². The maximum atomic E-state index is 10.4. The lowest BCUT2D eigenvalue weighted by atomic mass is 10.1. The first-order valence-electron chi connectivity index (χ1n) is 5.89. The zero-order valence-corrected chi connectivity index (χ0v) is 10.8. The van der Waals surface area contributed by atoms with E-state index in [2.05, 4.69) is 17.9 Å². The van der Waals surface area contributed by atoms with E-state index < -0.39 is 0 Å². The molecule has 0 aromatic heterocycles. The topological polar surface area (TPSA) is 55.1 Å². The van der Waals surface area contributed by atoms with Crippen LogP contribution >= 0.6 is 12.6 Å². The molecule has 94 valence electrons. The Morgan fingerprint density at radius 2 is 2.12 bits per heavy atom. The van der Waals surface area contributed by atoms with Gasteiger partial charge in [0.2, 0.25) is 5.91 Å². The highest BCUT2D eigenvalue weighted by Crippen LogP contribution is 2.03. The second-order valence-electron chi connectivity index (χ2n) is 4.10. The Balaban J connectivity index is 0.000000202. The van der Waals surface area contributed by atoms with E-state index in [9.17, 15) is 4.79 Å². The molecule has 1 aromatic carbocycles. The predicted octanol–water partition coefficient (Wildman–Crippen LogP) is 1.38. The van der Waals surface area contributed by atoms with Crippen LogP contribution in [0.3, 0.4) is 0 Å². The number of carbonyl (C=O) groups excluding carboxylic acids is 1. The minimum Gasteiger partial charge on any atom is -0.370 e. The predicted molar refractivity (Wildman–Crippen MR) is 74.2 cm³/mol. The van der Waals surface area contributed by atoms with Crippen LogP contribution in [0.2, 0.25) is 0 Å². The highest BCUT2D eigenvalue weighted by atomic mass is 32.1. The molecule has 1 aromatic rings. The minimum atomic E-state index is -0.242.